The normalized spacial score (nSPS) is 9.62. The van der Waals surface area contributed by atoms with E-state index in [1.165, 1.54) is 6.08 Å². The highest BCUT2D eigenvalue weighted by atomic mass is 16.4. The van der Waals surface area contributed by atoms with Crippen molar-refractivity contribution in [1.29, 1.82) is 0 Å². The van der Waals surface area contributed by atoms with E-state index in [0.29, 0.717) is 12.4 Å². The van der Waals surface area contributed by atoms with Gasteiger partial charge in [-0.25, -0.2) is 4.98 Å². The summed E-state index contributed by atoms with van der Waals surface area (Å²) < 4.78 is 5.27. The van der Waals surface area contributed by atoms with E-state index in [4.69, 9.17) is 4.42 Å². The van der Waals surface area contributed by atoms with Crippen LogP contribution in [-0.4, -0.2) is 10.9 Å². The van der Waals surface area contributed by atoms with Crippen LogP contribution in [0.5, 0.6) is 0 Å². The molecule has 4 nitrogen and oxygen atoms in total. The summed E-state index contributed by atoms with van der Waals surface area (Å²) in [4.78, 5) is 14.7. The van der Waals surface area contributed by atoms with Gasteiger partial charge in [0.15, 0.2) is 0 Å². The van der Waals surface area contributed by atoms with E-state index in [2.05, 4.69) is 16.9 Å². The SMILES string of the molecule is C=CC(=O)NCc1ncc(CC)o1. The summed E-state index contributed by atoms with van der Waals surface area (Å²) in [7, 11) is 0. The van der Waals surface area contributed by atoms with Gasteiger partial charge in [-0.05, 0) is 6.08 Å². The third-order valence-electron chi connectivity index (χ3n) is 1.55. The predicted octanol–water partition coefficient (Wildman–Crippen LogP) is 1.04. The molecule has 0 saturated carbocycles. The molecule has 0 unspecified atom stereocenters. The van der Waals surface area contributed by atoms with Gasteiger partial charge in [-0.15, -0.1) is 0 Å². The maximum absolute atomic E-state index is 10.8. The van der Waals surface area contributed by atoms with E-state index in [9.17, 15) is 4.79 Å². The third-order valence-corrected chi connectivity index (χ3v) is 1.55. The van der Waals surface area contributed by atoms with Crippen LogP contribution in [0.15, 0.2) is 23.3 Å². The number of oxazole rings is 1. The number of hydrogen-bond donors (Lipinski definition) is 1. The fraction of sp³-hybridized carbons (Fsp3) is 0.333. The molecule has 0 aliphatic carbocycles. The highest BCUT2D eigenvalue weighted by Gasteiger charge is 2.02. The molecule has 4 heteroatoms. The molecule has 1 N–H and O–H groups in total. The first kappa shape index (κ1) is 9.51. The fourth-order valence-corrected chi connectivity index (χ4v) is 0.828. The molecule has 1 rings (SSSR count). The molecular weight excluding hydrogens is 168 g/mol. The minimum atomic E-state index is -0.226. The van der Waals surface area contributed by atoms with Gasteiger partial charge in [0.2, 0.25) is 11.8 Å². The number of carbonyl (C=O) groups excluding carboxylic acids is 1. The van der Waals surface area contributed by atoms with Gasteiger partial charge in [0.25, 0.3) is 0 Å². The summed E-state index contributed by atoms with van der Waals surface area (Å²) in [5.74, 6) is 1.12. The molecule has 0 spiro atoms. The van der Waals surface area contributed by atoms with Crippen LogP contribution in [0.4, 0.5) is 0 Å². The zero-order valence-electron chi connectivity index (χ0n) is 7.54. The molecule has 0 saturated heterocycles. The standard InChI is InChI=1S/C9H12N2O2/c1-3-7-5-11-9(13-7)6-10-8(12)4-2/h4-5H,2-3,6H2,1H3,(H,10,12). The summed E-state index contributed by atoms with van der Waals surface area (Å²) in [6.45, 7) is 5.62. The molecule has 1 aromatic rings. The molecule has 0 aromatic carbocycles. The van der Waals surface area contributed by atoms with Crippen LogP contribution in [0.1, 0.15) is 18.6 Å². The Labute approximate surface area is 76.7 Å². The zero-order valence-corrected chi connectivity index (χ0v) is 7.54. The summed E-state index contributed by atoms with van der Waals surface area (Å²) in [6.07, 6.45) is 3.68. The molecular formula is C9H12N2O2. The maximum Gasteiger partial charge on any atom is 0.243 e. The Morgan fingerprint density at radius 3 is 3.15 bits per heavy atom. The maximum atomic E-state index is 10.8. The number of aryl methyl sites for hydroxylation is 1. The van der Waals surface area contributed by atoms with Crippen molar-refractivity contribution in [3.63, 3.8) is 0 Å². The van der Waals surface area contributed by atoms with Gasteiger partial charge in [-0.1, -0.05) is 13.5 Å². The molecule has 0 radical (unpaired) electrons. The van der Waals surface area contributed by atoms with Gasteiger partial charge in [-0.2, -0.15) is 0 Å². The molecule has 0 fully saturated rings. The first-order valence-corrected chi connectivity index (χ1v) is 4.10. The monoisotopic (exact) mass is 180 g/mol. The highest BCUT2D eigenvalue weighted by molar-refractivity contribution is 5.86. The number of nitrogens with one attached hydrogen (secondary N) is 1. The van der Waals surface area contributed by atoms with Crippen molar-refractivity contribution in [2.45, 2.75) is 19.9 Å². The number of nitrogens with zero attached hydrogens (tertiary/aromatic N) is 1. The molecule has 1 amide bonds. The van der Waals surface area contributed by atoms with E-state index < -0.39 is 0 Å². The van der Waals surface area contributed by atoms with Gasteiger partial charge in [0.1, 0.15) is 5.76 Å². The van der Waals surface area contributed by atoms with E-state index in [0.717, 1.165) is 12.2 Å². The van der Waals surface area contributed by atoms with Gasteiger partial charge in [-0.3, -0.25) is 4.79 Å². The molecule has 13 heavy (non-hydrogen) atoms. The van der Waals surface area contributed by atoms with Crippen molar-refractivity contribution >= 4 is 5.91 Å². The average Bonchev–Trinajstić information content (AvgIpc) is 2.61. The summed E-state index contributed by atoms with van der Waals surface area (Å²) >= 11 is 0. The second-order valence-electron chi connectivity index (χ2n) is 2.50. The number of rotatable bonds is 4. The van der Waals surface area contributed by atoms with Gasteiger partial charge >= 0.3 is 0 Å². The summed E-state index contributed by atoms with van der Waals surface area (Å²) in [5, 5.41) is 2.57. The van der Waals surface area contributed by atoms with Crippen LogP contribution in [-0.2, 0) is 17.8 Å². The van der Waals surface area contributed by atoms with Gasteiger partial charge < -0.3 is 9.73 Å². The summed E-state index contributed by atoms with van der Waals surface area (Å²) in [6, 6.07) is 0. The van der Waals surface area contributed by atoms with Crippen LogP contribution < -0.4 is 5.32 Å². The van der Waals surface area contributed by atoms with Gasteiger partial charge in [0.05, 0.1) is 12.7 Å². The van der Waals surface area contributed by atoms with Crippen LogP contribution >= 0.6 is 0 Å². The van der Waals surface area contributed by atoms with Crippen LogP contribution in [0.2, 0.25) is 0 Å². The number of hydrogen-bond acceptors (Lipinski definition) is 3. The molecule has 70 valence electrons. The quantitative estimate of drug-likeness (QED) is 0.704. The van der Waals surface area contributed by atoms with Crippen molar-refractivity contribution < 1.29 is 9.21 Å². The summed E-state index contributed by atoms with van der Waals surface area (Å²) in [5.41, 5.74) is 0. The third kappa shape index (κ3) is 2.74. The van der Waals surface area contributed by atoms with Crippen LogP contribution in [0, 0.1) is 0 Å². The molecule has 0 bridgehead atoms. The Kier molecular flexibility index (Phi) is 3.25. The second-order valence-corrected chi connectivity index (χ2v) is 2.50. The lowest BCUT2D eigenvalue weighted by atomic mass is 10.4. The first-order valence-electron chi connectivity index (χ1n) is 4.10. The Hall–Kier alpha value is -1.58. The van der Waals surface area contributed by atoms with Crippen molar-refractivity contribution in [3.05, 3.63) is 30.5 Å². The smallest absolute Gasteiger partial charge is 0.243 e. The van der Waals surface area contributed by atoms with Crippen molar-refractivity contribution in [3.8, 4) is 0 Å². The number of amides is 1. The Balaban J connectivity index is 2.45. The minimum absolute atomic E-state index is 0.226. The molecule has 0 aliphatic heterocycles. The lowest BCUT2D eigenvalue weighted by Gasteiger charge is -1.96. The van der Waals surface area contributed by atoms with E-state index in [1.54, 1.807) is 6.20 Å². The number of carbonyl (C=O) groups is 1. The second kappa shape index (κ2) is 4.45. The topological polar surface area (TPSA) is 55.1 Å². The van der Waals surface area contributed by atoms with Crippen molar-refractivity contribution in [1.82, 2.24) is 10.3 Å². The van der Waals surface area contributed by atoms with Gasteiger partial charge in [0, 0.05) is 6.42 Å². The van der Waals surface area contributed by atoms with Crippen LogP contribution in [0.25, 0.3) is 0 Å². The number of aromatic nitrogens is 1. The van der Waals surface area contributed by atoms with Crippen LogP contribution in [0.3, 0.4) is 0 Å². The first-order chi connectivity index (χ1) is 6.26. The van der Waals surface area contributed by atoms with E-state index >= 15 is 0 Å². The Bertz CT molecular complexity index is 304. The van der Waals surface area contributed by atoms with Crippen molar-refractivity contribution in [2.24, 2.45) is 0 Å². The minimum Gasteiger partial charge on any atom is -0.444 e. The Morgan fingerprint density at radius 2 is 2.62 bits per heavy atom. The molecule has 0 aliphatic rings. The average molecular weight is 180 g/mol. The predicted molar refractivity (Wildman–Crippen MR) is 47.9 cm³/mol. The lowest BCUT2D eigenvalue weighted by molar-refractivity contribution is -0.116. The molecule has 1 aromatic heterocycles. The largest absolute Gasteiger partial charge is 0.444 e. The lowest BCUT2D eigenvalue weighted by Crippen LogP contribution is -2.19. The Morgan fingerprint density at radius 1 is 1.85 bits per heavy atom. The zero-order chi connectivity index (χ0) is 9.68. The highest BCUT2D eigenvalue weighted by Crippen LogP contribution is 2.03. The van der Waals surface area contributed by atoms with Crippen molar-refractivity contribution in [2.75, 3.05) is 0 Å². The fourth-order valence-electron chi connectivity index (χ4n) is 0.828. The van der Waals surface area contributed by atoms with E-state index in [-0.39, 0.29) is 5.91 Å². The van der Waals surface area contributed by atoms with E-state index in [1.807, 2.05) is 6.92 Å². The molecule has 0 atom stereocenters. The molecule has 1 heterocycles.